The predicted octanol–water partition coefficient (Wildman–Crippen LogP) is 6.04. The smallest absolute Gasteiger partial charge is 0.251 e. The van der Waals surface area contributed by atoms with Gasteiger partial charge in [0.15, 0.2) is 0 Å². The maximum atomic E-state index is 12.7. The van der Waals surface area contributed by atoms with Gasteiger partial charge < -0.3 is 5.32 Å². The van der Waals surface area contributed by atoms with E-state index < -0.39 is 0 Å². The van der Waals surface area contributed by atoms with E-state index in [1.54, 1.807) is 0 Å². The molecule has 3 aromatic rings. The van der Waals surface area contributed by atoms with Crippen LogP contribution >= 0.6 is 11.8 Å². The lowest BCUT2D eigenvalue weighted by molar-refractivity contribution is 0.0913. The quantitative estimate of drug-likeness (QED) is 0.499. The summed E-state index contributed by atoms with van der Waals surface area (Å²) in [5, 5.41) is 3.16. The Morgan fingerprint density at radius 3 is 2.14 bits per heavy atom. The molecular formula is C25H27NOS. The van der Waals surface area contributed by atoms with Gasteiger partial charge in [-0.15, -0.1) is 11.8 Å². The van der Waals surface area contributed by atoms with Gasteiger partial charge in [-0.3, -0.25) is 4.79 Å². The molecule has 0 radical (unpaired) electrons. The van der Waals surface area contributed by atoms with Gasteiger partial charge in [0, 0.05) is 21.8 Å². The van der Waals surface area contributed by atoms with Crippen molar-refractivity contribution in [2.24, 2.45) is 0 Å². The second-order valence-electron chi connectivity index (χ2n) is 7.80. The van der Waals surface area contributed by atoms with Gasteiger partial charge in [-0.05, 0) is 62.6 Å². The Labute approximate surface area is 172 Å². The predicted molar refractivity (Wildman–Crippen MR) is 119 cm³/mol. The summed E-state index contributed by atoms with van der Waals surface area (Å²) in [7, 11) is 0. The summed E-state index contributed by atoms with van der Waals surface area (Å²) in [4.78, 5) is 13.9. The van der Waals surface area contributed by atoms with Crippen molar-refractivity contribution in [3.8, 4) is 0 Å². The van der Waals surface area contributed by atoms with Gasteiger partial charge in [0.05, 0.1) is 0 Å². The normalized spacial score (nSPS) is 11.2. The largest absolute Gasteiger partial charge is 0.347 e. The third-order valence-electron chi connectivity index (χ3n) is 4.58. The zero-order chi connectivity index (χ0) is 20.0. The van der Waals surface area contributed by atoms with Crippen LogP contribution in [-0.2, 0) is 12.2 Å². The minimum absolute atomic E-state index is 0.0290. The number of nitrogens with one attached hydrogen (secondary N) is 1. The van der Waals surface area contributed by atoms with Crippen LogP contribution in [0.3, 0.4) is 0 Å². The highest BCUT2D eigenvalue weighted by Crippen LogP contribution is 2.23. The number of carbonyl (C=O) groups excluding carboxylic acids is 1. The lowest BCUT2D eigenvalue weighted by Crippen LogP contribution is -2.45. The monoisotopic (exact) mass is 389 g/mol. The van der Waals surface area contributed by atoms with E-state index >= 15 is 0 Å². The second kappa shape index (κ2) is 9.11. The average molecular weight is 390 g/mol. The molecule has 0 fully saturated rings. The van der Waals surface area contributed by atoms with E-state index in [9.17, 15) is 4.79 Å². The van der Waals surface area contributed by atoms with Gasteiger partial charge in [0.25, 0.3) is 5.91 Å². The van der Waals surface area contributed by atoms with Crippen molar-refractivity contribution >= 4 is 17.7 Å². The van der Waals surface area contributed by atoms with E-state index in [0.29, 0.717) is 5.56 Å². The minimum Gasteiger partial charge on any atom is -0.347 e. The number of rotatable bonds is 7. The molecule has 0 bridgehead atoms. The standard InChI is InChI=1S/C25H27NOS/c1-19-9-15-23(16-10-19)28-18-21-11-13-22(14-12-21)24(27)26-25(2,3)17-20-7-5-4-6-8-20/h4-16H,17-18H2,1-3H3,(H,26,27). The summed E-state index contributed by atoms with van der Waals surface area (Å²) < 4.78 is 0. The van der Waals surface area contributed by atoms with Crippen LogP contribution in [0.4, 0.5) is 0 Å². The van der Waals surface area contributed by atoms with Crippen LogP contribution in [0.1, 0.15) is 40.9 Å². The van der Waals surface area contributed by atoms with Crippen molar-refractivity contribution in [2.75, 3.05) is 0 Å². The van der Waals surface area contributed by atoms with Crippen LogP contribution in [0.2, 0.25) is 0 Å². The van der Waals surface area contributed by atoms with Crippen molar-refractivity contribution < 1.29 is 4.79 Å². The van der Waals surface area contributed by atoms with Crippen LogP contribution in [-0.4, -0.2) is 11.4 Å². The molecule has 0 saturated carbocycles. The molecule has 0 aromatic heterocycles. The van der Waals surface area contributed by atoms with E-state index in [1.165, 1.54) is 21.6 Å². The van der Waals surface area contributed by atoms with Crippen molar-refractivity contribution in [1.82, 2.24) is 5.32 Å². The Morgan fingerprint density at radius 1 is 0.857 bits per heavy atom. The summed E-state index contributed by atoms with van der Waals surface area (Å²) in [5.74, 6) is 0.864. The summed E-state index contributed by atoms with van der Waals surface area (Å²) in [6, 6.07) is 26.7. The number of hydrogen-bond donors (Lipinski definition) is 1. The van der Waals surface area contributed by atoms with Crippen molar-refractivity contribution in [2.45, 2.75) is 43.4 Å². The first-order valence-electron chi connectivity index (χ1n) is 9.56. The Hall–Kier alpha value is -2.52. The first-order chi connectivity index (χ1) is 13.4. The first kappa shape index (κ1) is 20.2. The van der Waals surface area contributed by atoms with E-state index in [4.69, 9.17) is 0 Å². The summed E-state index contributed by atoms with van der Waals surface area (Å²) in [5.41, 5.74) is 4.10. The summed E-state index contributed by atoms with van der Waals surface area (Å²) >= 11 is 1.81. The van der Waals surface area contributed by atoms with Crippen molar-refractivity contribution in [3.63, 3.8) is 0 Å². The van der Waals surface area contributed by atoms with Gasteiger partial charge in [-0.25, -0.2) is 0 Å². The number of aryl methyl sites for hydroxylation is 1. The highest BCUT2D eigenvalue weighted by Gasteiger charge is 2.21. The van der Waals surface area contributed by atoms with Crippen LogP contribution in [0, 0.1) is 6.92 Å². The third-order valence-corrected chi connectivity index (χ3v) is 5.67. The van der Waals surface area contributed by atoms with Gasteiger partial charge in [-0.2, -0.15) is 0 Å². The molecule has 3 aromatic carbocycles. The van der Waals surface area contributed by atoms with Gasteiger partial charge in [-0.1, -0.05) is 60.2 Å². The molecule has 3 rings (SSSR count). The molecule has 0 aliphatic carbocycles. The van der Waals surface area contributed by atoms with Gasteiger partial charge >= 0.3 is 0 Å². The van der Waals surface area contributed by atoms with E-state index in [-0.39, 0.29) is 11.4 Å². The van der Waals surface area contributed by atoms with Crippen LogP contribution in [0.15, 0.2) is 83.8 Å². The third kappa shape index (κ3) is 6.00. The number of benzene rings is 3. The van der Waals surface area contributed by atoms with E-state index in [1.807, 2.05) is 54.2 Å². The molecule has 0 saturated heterocycles. The Bertz CT molecular complexity index is 900. The molecule has 144 valence electrons. The van der Waals surface area contributed by atoms with Crippen LogP contribution < -0.4 is 5.32 Å². The minimum atomic E-state index is -0.307. The molecule has 1 N–H and O–H groups in total. The fourth-order valence-corrected chi connectivity index (χ4v) is 3.94. The highest BCUT2D eigenvalue weighted by atomic mass is 32.2. The Morgan fingerprint density at radius 2 is 1.50 bits per heavy atom. The summed E-state index contributed by atoms with van der Waals surface area (Å²) in [6.07, 6.45) is 0.796. The van der Waals surface area contributed by atoms with Gasteiger partial charge in [0.1, 0.15) is 0 Å². The highest BCUT2D eigenvalue weighted by molar-refractivity contribution is 7.98. The molecule has 3 heteroatoms. The molecule has 28 heavy (non-hydrogen) atoms. The fraction of sp³-hybridized carbons (Fsp3) is 0.240. The second-order valence-corrected chi connectivity index (χ2v) is 8.85. The zero-order valence-electron chi connectivity index (χ0n) is 16.7. The SMILES string of the molecule is Cc1ccc(SCc2ccc(C(=O)NC(C)(C)Cc3ccccc3)cc2)cc1. The van der Waals surface area contributed by atoms with Crippen molar-refractivity contribution in [1.29, 1.82) is 0 Å². The number of hydrogen-bond acceptors (Lipinski definition) is 2. The van der Waals surface area contributed by atoms with E-state index in [0.717, 1.165) is 12.2 Å². The van der Waals surface area contributed by atoms with Crippen LogP contribution in [0.25, 0.3) is 0 Å². The lowest BCUT2D eigenvalue weighted by atomic mass is 9.94. The summed E-state index contributed by atoms with van der Waals surface area (Å²) in [6.45, 7) is 6.22. The average Bonchev–Trinajstić information content (AvgIpc) is 2.68. The number of carbonyl (C=O) groups is 1. The molecular weight excluding hydrogens is 362 g/mol. The molecule has 0 aliphatic rings. The van der Waals surface area contributed by atoms with Crippen LogP contribution in [0.5, 0.6) is 0 Å². The Balaban J connectivity index is 1.56. The molecule has 0 spiro atoms. The topological polar surface area (TPSA) is 29.1 Å². The molecule has 1 amide bonds. The zero-order valence-corrected chi connectivity index (χ0v) is 17.6. The van der Waals surface area contributed by atoms with E-state index in [2.05, 4.69) is 62.5 Å². The number of amides is 1. The fourth-order valence-electron chi connectivity index (χ4n) is 3.08. The molecule has 0 aliphatic heterocycles. The molecule has 0 atom stereocenters. The lowest BCUT2D eigenvalue weighted by Gasteiger charge is -2.26. The molecule has 2 nitrogen and oxygen atoms in total. The maximum Gasteiger partial charge on any atom is 0.251 e. The van der Waals surface area contributed by atoms with Gasteiger partial charge in [0.2, 0.25) is 0 Å². The molecule has 0 unspecified atom stereocenters. The Kier molecular flexibility index (Phi) is 6.58. The maximum absolute atomic E-state index is 12.7. The van der Waals surface area contributed by atoms with Crippen molar-refractivity contribution in [3.05, 3.63) is 101 Å². The number of thioether (sulfide) groups is 1. The first-order valence-corrected chi connectivity index (χ1v) is 10.5. The molecule has 0 heterocycles.